The summed E-state index contributed by atoms with van der Waals surface area (Å²) in [6, 6.07) is 10.4. The van der Waals surface area contributed by atoms with Gasteiger partial charge in [0.2, 0.25) is 15.9 Å². The highest BCUT2D eigenvalue weighted by atomic mass is 32.2. The molecule has 0 aliphatic carbocycles. The van der Waals surface area contributed by atoms with Crippen LogP contribution in [-0.2, 0) is 21.0 Å². The minimum Gasteiger partial charge on any atom is -0.335 e. The number of carbonyl (C=O) groups is 1. The van der Waals surface area contributed by atoms with Gasteiger partial charge in [-0.25, -0.2) is 18.1 Å². The first-order valence-electron chi connectivity index (χ1n) is 8.77. The highest BCUT2D eigenvalue weighted by Gasteiger charge is 2.32. The van der Waals surface area contributed by atoms with Crippen molar-refractivity contribution in [2.45, 2.75) is 24.0 Å². The van der Waals surface area contributed by atoms with E-state index in [0.717, 1.165) is 28.4 Å². The molecule has 3 aromatic rings. The van der Waals surface area contributed by atoms with Crippen LogP contribution in [0, 0.1) is 0 Å². The maximum Gasteiger partial charge on any atom is 0.416 e. The summed E-state index contributed by atoms with van der Waals surface area (Å²) in [6.45, 7) is 1.17. The van der Waals surface area contributed by atoms with Crippen LogP contribution in [-0.4, -0.2) is 37.8 Å². The predicted molar refractivity (Wildman–Crippen MR) is 107 cm³/mol. The van der Waals surface area contributed by atoms with Crippen molar-refractivity contribution in [3.63, 3.8) is 0 Å². The molecule has 6 nitrogen and oxygen atoms in total. The molecule has 0 aliphatic heterocycles. The van der Waals surface area contributed by atoms with Gasteiger partial charge in [0.25, 0.3) is 0 Å². The van der Waals surface area contributed by atoms with E-state index in [1.165, 1.54) is 23.3 Å². The molecular formula is C19H18F3N3O3S2. The molecule has 3 rings (SSSR count). The number of carbonyl (C=O) groups excluding carboxylic acids is 1. The van der Waals surface area contributed by atoms with Gasteiger partial charge in [0.1, 0.15) is 5.01 Å². The van der Waals surface area contributed by atoms with E-state index >= 15 is 0 Å². The molecule has 0 saturated heterocycles. The number of hydrogen-bond acceptors (Lipinski definition) is 5. The zero-order chi connectivity index (χ0) is 22.1. The Morgan fingerprint density at radius 3 is 2.57 bits per heavy atom. The number of alkyl halides is 3. The Morgan fingerprint density at radius 2 is 1.90 bits per heavy atom. The molecule has 160 valence electrons. The molecule has 0 fully saturated rings. The zero-order valence-electron chi connectivity index (χ0n) is 16.0. The van der Waals surface area contributed by atoms with Crippen LogP contribution in [0.2, 0.25) is 0 Å². The van der Waals surface area contributed by atoms with Gasteiger partial charge in [0.05, 0.1) is 33.3 Å². The van der Waals surface area contributed by atoms with Crippen molar-refractivity contribution in [2.75, 3.05) is 13.6 Å². The molecule has 1 atom stereocenters. The number of fused-ring (bicyclic) bond motifs is 1. The van der Waals surface area contributed by atoms with E-state index in [-0.39, 0.29) is 0 Å². The summed E-state index contributed by atoms with van der Waals surface area (Å²) in [4.78, 5) is 17.7. The van der Waals surface area contributed by atoms with Gasteiger partial charge >= 0.3 is 6.18 Å². The van der Waals surface area contributed by atoms with Gasteiger partial charge in [-0.05, 0) is 37.3 Å². The molecule has 0 radical (unpaired) electrons. The zero-order valence-corrected chi connectivity index (χ0v) is 17.6. The van der Waals surface area contributed by atoms with E-state index in [1.807, 2.05) is 24.3 Å². The number of aromatic nitrogens is 1. The van der Waals surface area contributed by atoms with E-state index < -0.39 is 45.2 Å². The van der Waals surface area contributed by atoms with Gasteiger partial charge in [-0.1, -0.05) is 18.2 Å². The molecule has 1 unspecified atom stereocenters. The predicted octanol–water partition coefficient (Wildman–Crippen LogP) is 3.81. The fourth-order valence-corrected chi connectivity index (χ4v) is 4.74. The molecule has 1 amide bonds. The molecule has 11 heteroatoms. The minimum absolute atomic E-state index is 0.409. The number of rotatable bonds is 6. The van der Waals surface area contributed by atoms with Crippen LogP contribution in [0.1, 0.15) is 23.5 Å². The van der Waals surface area contributed by atoms with E-state index in [1.54, 1.807) is 6.92 Å². The molecule has 0 saturated carbocycles. The average molecular weight is 457 g/mol. The summed E-state index contributed by atoms with van der Waals surface area (Å²) in [5.74, 6) is -0.544. The number of thiazole rings is 1. The number of likely N-dealkylation sites (N-methyl/N-ethyl adjacent to an activating group) is 1. The second-order valence-corrected chi connectivity index (χ2v) is 9.38. The van der Waals surface area contributed by atoms with E-state index in [0.29, 0.717) is 11.1 Å². The van der Waals surface area contributed by atoms with Gasteiger partial charge in [0, 0.05) is 7.05 Å². The van der Waals surface area contributed by atoms with Crippen molar-refractivity contribution in [3.05, 3.63) is 59.1 Å². The lowest BCUT2D eigenvalue weighted by atomic mass is 10.2. The Hall–Kier alpha value is -2.50. The molecule has 0 bridgehead atoms. The Morgan fingerprint density at radius 1 is 1.20 bits per heavy atom. The van der Waals surface area contributed by atoms with Crippen LogP contribution in [0.15, 0.2) is 53.4 Å². The van der Waals surface area contributed by atoms with Crippen LogP contribution in [0.25, 0.3) is 10.2 Å². The van der Waals surface area contributed by atoms with Crippen LogP contribution >= 0.6 is 11.3 Å². The number of nitrogens with one attached hydrogen (secondary N) is 1. The van der Waals surface area contributed by atoms with Gasteiger partial charge in [-0.15, -0.1) is 11.3 Å². The fraction of sp³-hybridized carbons (Fsp3) is 0.263. The van der Waals surface area contributed by atoms with Crippen molar-refractivity contribution in [2.24, 2.45) is 0 Å². The third kappa shape index (κ3) is 4.79. The monoisotopic (exact) mass is 457 g/mol. The lowest BCUT2D eigenvalue weighted by Crippen LogP contribution is -2.39. The number of halogens is 3. The van der Waals surface area contributed by atoms with Crippen LogP contribution in [0.4, 0.5) is 13.2 Å². The first kappa shape index (κ1) is 22.2. The average Bonchev–Trinajstić information content (AvgIpc) is 3.14. The normalized spacial score (nSPS) is 13.4. The summed E-state index contributed by atoms with van der Waals surface area (Å²) < 4.78 is 66.2. The lowest BCUT2D eigenvalue weighted by Gasteiger charge is -2.23. The highest BCUT2D eigenvalue weighted by molar-refractivity contribution is 7.89. The number of hydrogen-bond donors (Lipinski definition) is 1. The fourth-order valence-electron chi connectivity index (χ4n) is 2.65. The largest absolute Gasteiger partial charge is 0.416 e. The number of para-hydroxylation sites is 1. The second kappa shape index (κ2) is 8.32. The van der Waals surface area contributed by atoms with E-state index in [4.69, 9.17) is 0 Å². The smallest absolute Gasteiger partial charge is 0.335 e. The standard InChI is InChI=1S/C19H18F3N3O3S2/c1-12(18-24-15-8-3-4-9-16(15)29-18)25(2)17(26)11-23-30(27,28)14-7-5-6-13(10-14)19(20,21)22/h3-10,12,23H,11H2,1-2H3. The van der Waals surface area contributed by atoms with Gasteiger partial charge in [0.15, 0.2) is 0 Å². The highest BCUT2D eigenvalue weighted by Crippen LogP contribution is 2.31. The van der Waals surface area contributed by atoms with Crippen molar-refractivity contribution >= 4 is 37.5 Å². The Balaban J connectivity index is 1.69. The van der Waals surface area contributed by atoms with Crippen LogP contribution < -0.4 is 4.72 Å². The first-order chi connectivity index (χ1) is 14.0. The van der Waals surface area contributed by atoms with Crippen LogP contribution in [0.3, 0.4) is 0 Å². The van der Waals surface area contributed by atoms with Gasteiger partial charge in [-0.3, -0.25) is 4.79 Å². The topological polar surface area (TPSA) is 79.4 Å². The number of amides is 1. The summed E-state index contributed by atoms with van der Waals surface area (Å²) in [6.07, 6.45) is -4.67. The van der Waals surface area contributed by atoms with E-state index in [9.17, 15) is 26.4 Å². The molecule has 1 aromatic heterocycles. The summed E-state index contributed by atoms with van der Waals surface area (Å²) in [5, 5.41) is 0.688. The number of sulfonamides is 1. The molecular weight excluding hydrogens is 439 g/mol. The minimum atomic E-state index is -4.67. The molecule has 30 heavy (non-hydrogen) atoms. The quantitative estimate of drug-likeness (QED) is 0.611. The van der Waals surface area contributed by atoms with Crippen molar-refractivity contribution in [3.8, 4) is 0 Å². The van der Waals surface area contributed by atoms with Crippen LogP contribution in [0.5, 0.6) is 0 Å². The molecule has 2 aromatic carbocycles. The van der Waals surface area contributed by atoms with Gasteiger partial charge in [-0.2, -0.15) is 13.2 Å². The molecule has 1 heterocycles. The van der Waals surface area contributed by atoms with Crippen molar-refractivity contribution < 1.29 is 26.4 Å². The Kier molecular flexibility index (Phi) is 6.16. The van der Waals surface area contributed by atoms with Crippen molar-refractivity contribution in [1.82, 2.24) is 14.6 Å². The first-order valence-corrected chi connectivity index (χ1v) is 11.1. The maximum absolute atomic E-state index is 12.8. The summed E-state index contributed by atoms with van der Waals surface area (Å²) in [5.41, 5.74) is -0.284. The molecule has 1 N–H and O–H groups in total. The number of nitrogens with zero attached hydrogens (tertiary/aromatic N) is 2. The summed E-state index contributed by atoms with van der Waals surface area (Å²) in [7, 11) is -2.78. The Labute approximate surface area is 175 Å². The molecule has 0 aliphatic rings. The van der Waals surface area contributed by atoms with Gasteiger partial charge < -0.3 is 4.90 Å². The van der Waals surface area contributed by atoms with Crippen molar-refractivity contribution in [1.29, 1.82) is 0 Å². The number of benzene rings is 2. The second-order valence-electron chi connectivity index (χ2n) is 6.55. The lowest BCUT2D eigenvalue weighted by molar-refractivity contribution is -0.137. The van der Waals surface area contributed by atoms with E-state index in [2.05, 4.69) is 9.71 Å². The maximum atomic E-state index is 12.8. The third-order valence-electron chi connectivity index (χ3n) is 4.53. The third-order valence-corrected chi connectivity index (χ3v) is 7.13. The summed E-state index contributed by atoms with van der Waals surface area (Å²) >= 11 is 1.43. The SMILES string of the molecule is CC(c1nc2ccccc2s1)N(C)C(=O)CNS(=O)(=O)c1cccc(C(F)(F)F)c1. The molecule has 0 spiro atoms. The Bertz CT molecular complexity index is 1140.